The summed E-state index contributed by atoms with van der Waals surface area (Å²) in [6.45, 7) is 1.18. The highest BCUT2D eigenvalue weighted by Gasteiger charge is 2.03. The molecule has 0 amide bonds. The van der Waals surface area contributed by atoms with Gasteiger partial charge in [0.1, 0.15) is 11.9 Å². The third-order valence-corrected chi connectivity index (χ3v) is 2.41. The normalized spacial score (nSPS) is 10.0. The van der Waals surface area contributed by atoms with Crippen LogP contribution in [0.15, 0.2) is 30.6 Å². The number of benzene rings is 1. The maximum absolute atomic E-state index is 12.9. The topological polar surface area (TPSA) is 79.7 Å². The fraction of sp³-hybridized carbons (Fsp3) is 0.167. The zero-order valence-corrected chi connectivity index (χ0v) is 9.60. The lowest BCUT2D eigenvalue weighted by Crippen LogP contribution is -2.11. The summed E-state index contributed by atoms with van der Waals surface area (Å²) in [6.07, 6.45) is 3.29. The summed E-state index contributed by atoms with van der Waals surface area (Å²) < 4.78 is 14.6. The quantitative estimate of drug-likeness (QED) is 0.857. The van der Waals surface area contributed by atoms with Crippen molar-refractivity contribution < 1.29 is 4.39 Å². The van der Waals surface area contributed by atoms with E-state index >= 15 is 0 Å². The van der Waals surface area contributed by atoms with Crippen molar-refractivity contribution in [2.45, 2.75) is 6.54 Å². The lowest BCUT2D eigenvalue weighted by atomic mass is 10.2. The average molecular weight is 245 g/mol. The van der Waals surface area contributed by atoms with Crippen LogP contribution in [0.4, 0.5) is 15.8 Å². The van der Waals surface area contributed by atoms with Crippen LogP contribution >= 0.6 is 0 Å². The average Bonchev–Trinajstić information content (AvgIpc) is 2.77. The zero-order valence-electron chi connectivity index (χ0n) is 9.60. The number of nitrogens with one attached hydrogen (secondary N) is 1. The summed E-state index contributed by atoms with van der Waals surface area (Å²) in [5.74, 6) is -0.419. The molecule has 0 bridgehead atoms. The van der Waals surface area contributed by atoms with Crippen molar-refractivity contribution in [1.29, 1.82) is 5.26 Å². The Balaban J connectivity index is 1.96. The van der Waals surface area contributed by atoms with E-state index in [1.807, 2.05) is 6.07 Å². The summed E-state index contributed by atoms with van der Waals surface area (Å²) in [5, 5.41) is 16.0. The van der Waals surface area contributed by atoms with Crippen molar-refractivity contribution in [1.82, 2.24) is 9.78 Å². The first kappa shape index (κ1) is 11.9. The number of hydrogen-bond donors (Lipinski definition) is 2. The fourth-order valence-corrected chi connectivity index (χ4v) is 1.57. The van der Waals surface area contributed by atoms with Crippen LogP contribution in [-0.4, -0.2) is 16.3 Å². The molecular weight excluding hydrogens is 233 g/mol. The van der Waals surface area contributed by atoms with Gasteiger partial charge in [0.05, 0.1) is 29.7 Å². The van der Waals surface area contributed by atoms with Crippen molar-refractivity contribution in [3.63, 3.8) is 0 Å². The third-order valence-electron chi connectivity index (χ3n) is 2.41. The second-order valence-corrected chi connectivity index (χ2v) is 3.77. The van der Waals surface area contributed by atoms with Crippen molar-refractivity contribution in [2.24, 2.45) is 0 Å². The van der Waals surface area contributed by atoms with Gasteiger partial charge in [-0.1, -0.05) is 0 Å². The molecule has 3 N–H and O–H groups in total. The van der Waals surface area contributed by atoms with E-state index in [0.717, 1.165) is 0 Å². The molecule has 2 rings (SSSR count). The Bertz CT molecular complexity index is 584. The van der Waals surface area contributed by atoms with Crippen molar-refractivity contribution >= 4 is 11.4 Å². The second kappa shape index (κ2) is 5.19. The van der Waals surface area contributed by atoms with Gasteiger partial charge in [-0.2, -0.15) is 10.4 Å². The second-order valence-electron chi connectivity index (χ2n) is 3.77. The maximum Gasteiger partial charge on any atom is 0.124 e. The van der Waals surface area contributed by atoms with E-state index in [1.165, 1.54) is 12.1 Å². The highest BCUT2D eigenvalue weighted by molar-refractivity contribution is 5.57. The Kier molecular flexibility index (Phi) is 3.44. The highest BCUT2D eigenvalue weighted by atomic mass is 19.1. The third kappa shape index (κ3) is 2.77. The molecule has 1 aromatic heterocycles. The minimum Gasteiger partial charge on any atom is -0.396 e. The number of rotatable bonds is 4. The molecular formula is C12H12FN5. The summed E-state index contributed by atoms with van der Waals surface area (Å²) in [4.78, 5) is 0. The molecule has 6 heteroatoms. The van der Waals surface area contributed by atoms with E-state index in [9.17, 15) is 4.39 Å². The van der Waals surface area contributed by atoms with Crippen molar-refractivity contribution in [3.8, 4) is 6.07 Å². The smallest absolute Gasteiger partial charge is 0.124 e. The molecule has 0 spiro atoms. The summed E-state index contributed by atoms with van der Waals surface area (Å²) in [6, 6.07) is 6.01. The molecule has 1 heterocycles. The lowest BCUT2D eigenvalue weighted by Gasteiger charge is -2.08. The molecule has 0 atom stereocenters. The number of nitriles is 1. The molecule has 0 fully saturated rings. The Morgan fingerprint density at radius 2 is 2.33 bits per heavy atom. The predicted octanol–water partition coefficient (Wildman–Crippen LogP) is 1.59. The molecule has 0 radical (unpaired) electrons. The molecule has 0 unspecified atom stereocenters. The standard InChI is InChI=1S/C12H12FN5/c13-10-1-2-12(9(5-10)6-14)16-3-4-18-8-11(15)7-17-18/h1-2,5,7-8,16H,3-4,15H2. The van der Waals surface area contributed by atoms with Crippen molar-refractivity contribution in [2.75, 3.05) is 17.6 Å². The zero-order chi connectivity index (χ0) is 13.0. The van der Waals surface area contributed by atoms with Gasteiger partial charge in [-0.25, -0.2) is 4.39 Å². The first-order chi connectivity index (χ1) is 8.69. The molecule has 0 saturated heterocycles. The fourth-order valence-electron chi connectivity index (χ4n) is 1.57. The molecule has 0 saturated carbocycles. The van der Waals surface area contributed by atoms with Crippen molar-refractivity contribution in [3.05, 3.63) is 42.0 Å². The van der Waals surface area contributed by atoms with Gasteiger partial charge < -0.3 is 11.1 Å². The number of aromatic nitrogens is 2. The van der Waals surface area contributed by atoms with Gasteiger partial charge in [-0.05, 0) is 18.2 Å². The number of nitrogens with two attached hydrogens (primary N) is 1. The van der Waals surface area contributed by atoms with Gasteiger partial charge in [0.25, 0.3) is 0 Å². The lowest BCUT2D eigenvalue weighted by molar-refractivity contribution is 0.626. The van der Waals surface area contributed by atoms with Crippen LogP contribution in [-0.2, 0) is 6.54 Å². The summed E-state index contributed by atoms with van der Waals surface area (Å²) in [5.41, 5.74) is 7.04. The van der Waals surface area contributed by atoms with Crippen LogP contribution in [0.3, 0.4) is 0 Å². The molecule has 1 aromatic carbocycles. The minimum absolute atomic E-state index is 0.287. The molecule has 2 aromatic rings. The number of anilines is 2. The minimum atomic E-state index is -0.419. The van der Waals surface area contributed by atoms with Gasteiger partial charge in [-0.15, -0.1) is 0 Å². The van der Waals surface area contributed by atoms with E-state index in [2.05, 4.69) is 10.4 Å². The molecule has 18 heavy (non-hydrogen) atoms. The summed E-state index contributed by atoms with van der Waals surface area (Å²) in [7, 11) is 0. The molecule has 92 valence electrons. The predicted molar refractivity (Wildman–Crippen MR) is 66.2 cm³/mol. The number of halogens is 1. The summed E-state index contributed by atoms with van der Waals surface area (Å²) >= 11 is 0. The first-order valence-electron chi connectivity index (χ1n) is 5.40. The largest absolute Gasteiger partial charge is 0.396 e. The maximum atomic E-state index is 12.9. The van der Waals surface area contributed by atoms with Crippen LogP contribution in [0, 0.1) is 17.1 Å². The number of hydrogen-bond acceptors (Lipinski definition) is 4. The van der Waals surface area contributed by atoms with Crippen LogP contribution < -0.4 is 11.1 Å². The molecule has 0 aliphatic carbocycles. The van der Waals surface area contributed by atoms with Crippen LogP contribution in [0.25, 0.3) is 0 Å². The van der Waals surface area contributed by atoms with Gasteiger partial charge in [0.15, 0.2) is 0 Å². The van der Waals surface area contributed by atoms with Gasteiger partial charge >= 0.3 is 0 Å². The van der Waals surface area contributed by atoms with E-state index in [-0.39, 0.29) is 5.56 Å². The van der Waals surface area contributed by atoms with E-state index in [0.29, 0.717) is 24.5 Å². The van der Waals surface area contributed by atoms with E-state index < -0.39 is 5.82 Å². The van der Waals surface area contributed by atoms with Gasteiger partial charge in [0.2, 0.25) is 0 Å². The Morgan fingerprint density at radius 1 is 1.50 bits per heavy atom. The van der Waals surface area contributed by atoms with Gasteiger partial charge in [0, 0.05) is 12.7 Å². The number of nitrogens with zero attached hydrogens (tertiary/aromatic N) is 3. The molecule has 5 nitrogen and oxygen atoms in total. The number of nitrogen functional groups attached to an aromatic ring is 1. The Morgan fingerprint density at radius 3 is 3.00 bits per heavy atom. The van der Waals surface area contributed by atoms with Gasteiger partial charge in [-0.3, -0.25) is 4.68 Å². The Labute approximate surface area is 104 Å². The highest BCUT2D eigenvalue weighted by Crippen LogP contribution is 2.15. The van der Waals surface area contributed by atoms with E-state index in [1.54, 1.807) is 23.1 Å². The molecule has 0 aliphatic heterocycles. The van der Waals surface area contributed by atoms with Crippen LogP contribution in [0.1, 0.15) is 5.56 Å². The molecule has 0 aliphatic rings. The first-order valence-corrected chi connectivity index (χ1v) is 5.40. The van der Waals surface area contributed by atoms with Crippen LogP contribution in [0.5, 0.6) is 0 Å². The monoisotopic (exact) mass is 245 g/mol. The van der Waals surface area contributed by atoms with E-state index in [4.69, 9.17) is 11.0 Å². The SMILES string of the molecule is N#Cc1cc(F)ccc1NCCn1cc(N)cn1. The Hall–Kier alpha value is -2.55. The van der Waals surface area contributed by atoms with Crippen LogP contribution in [0.2, 0.25) is 0 Å².